The second-order valence-electron chi connectivity index (χ2n) is 7.76. The molecule has 0 bridgehead atoms. The van der Waals surface area contributed by atoms with Crippen LogP contribution < -0.4 is 0 Å². The molecule has 0 N–H and O–H groups in total. The molecule has 0 radical (unpaired) electrons. The van der Waals surface area contributed by atoms with Crippen LogP contribution in [0.2, 0.25) is 0 Å². The zero-order chi connectivity index (χ0) is 19.1. The lowest BCUT2D eigenvalue weighted by Crippen LogP contribution is -2.60. The predicted octanol–water partition coefficient (Wildman–Crippen LogP) is 1.69. The van der Waals surface area contributed by atoms with Crippen molar-refractivity contribution in [1.29, 1.82) is 0 Å². The molecule has 3 heterocycles. The van der Waals surface area contributed by atoms with E-state index in [-0.39, 0.29) is 41.1 Å². The first-order valence-corrected chi connectivity index (χ1v) is 10.9. The molecular formula is C18H27N3O4S. The first-order chi connectivity index (χ1) is 12.2. The number of fused-ring (bicyclic) bond motifs is 1. The van der Waals surface area contributed by atoms with Crippen molar-refractivity contribution >= 4 is 15.7 Å². The number of hydrogen-bond donors (Lipinski definition) is 0. The monoisotopic (exact) mass is 381 g/mol. The number of aromatic nitrogens is 1. The number of rotatable bonds is 4. The summed E-state index contributed by atoms with van der Waals surface area (Å²) in [7, 11) is -3.16. The van der Waals surface area contributed by atoms with Crippen LogP contribution in [0.3, 0.4) is 0 Å². The molecule has 1 aromatic heterocycles. The topological polar surface area (TPSA) is 83.7 Å². The normalized spacial score (nSPS) is 25.3. The summed E-state index contributed by atoms with van der Waals surface area (Å²) in [4.78, 5) is 16.8. The van der Waals surface area contributed by atoms with Gasteiger partial charge in [-0.3, -0.25) is 9.69 Å². The molecule has 2 aliphatic heterocycles. The fourth-order valence-electron chi connectivity index (χ4n) is 3.61. The number of piperazine rings is 1. The summed E-state index contributed by atoms with van der Waals surface area (Å²) in [6.45, 7) is 9.85. The van der Waals surface area contributed by atoms with Gasteiger partial charge in [-0.15, -0.1) is 0 Å². The summed E-state index contributed by atoms with van der Waals surface area (Å²) < 4.78 is 29.8. The molecule has 0 saturated carbocycles. The van der Waals surface area contributed by atoms with Crippen LogP contribution in [-0.4, -0.2) is 72.5 Å². The maximum absolute atomic E-state index is 12.9. The van der Waals surface area contributed by atoms with Crippen LogP contribution in [0.1, 0.15) is 49.9 Å². The Morgan fingerprint density at radius 2 is 2.00 bits per heavy atom. The molecule has 144 valence electrons. The number of carbonyl (C=O) groups is 1. The van der Waals surface area contributed by atoms with E-state index in [9.17, 15) is 13.2 Å². The van der Waals surface area contributed by atoms with E-state index in [2.05, 4.69) is 16.1 Å². The maximum Gasteiger partial charge on any atom is 0.276 e. The molecule has 0 unspecified atom stereocenters. The van der Waals surface area contributed by atoms with Gasteiger partial charge in [0.1, 0.15) is 5.76 Å². The molecule has 1 aromatic rings. The highest BCUT2D eigenvalue weighted by Crippen LogP contribution is 2.28. The molecule has 2 atom stereocenters. The predicted molar refractivity (Wildman–Crippen MR) is 98.9 cm³/mol. The Morgan fingerprint density at radius 1 is 1.31 bits per heavy atom. The largest absolute Gasteiger partial charge is 0.360 e. The van der Waals surface area contributed by atoms with Crippen LogP contribution in [0.5, 0.6) is 0 Å². The van der Waals surface area contributed by atoms with Crippen LogP contribution in [0.4, 0.5) is 0 Å². The fourth-order valence-corrected chi connectivity index (χ4v) is 5.62. The molecular weight excluding hydrogens is 354 g/mol. The molecule has 7 nitrogen and oxygen atoms in total. The second kappa shape index (κ2) is 7.15. The van der Waals surface area contributed by atoms with Crippen LogP contribution >= 0.6 is 0 Å². The van der Waals surface area contributed by atoms with Crippen molar-refractivity contribution < 1.29 is 17.7 Å². The first kappa shape index (κ1) is 19.1. The third-order valence-electron chi connectivity index (χ3n) is 5.10. The Kier molecular flexibility index (Phi) is 5.25. The van der Waals surface area contributed by atoms with Gasteiger partial charge in [-0.2, -0.15) is 0 Å². The summed E-state index contributed by atoms with van der Waals surface area (Å²) in [6.07, 6.45) is 2.10. The Morgan fingerprint density at radius 3 is 2.62 bits per heavy atom. The van der Waals surface area contributed by atoms with E-state index in [1.807, 2.05) is 27.7 Å². The smallest absolute Gasteiger partial charge is 0.276 e. The number of hydrogen-bond acceptors (Lipinski definition) is 6. The van der Waals surface area contributed by atoms with Crippen molar-refractivity contribution in [3.05, 3.63) is 29.2 Å². The van der Waals surface area contributed by atoms with Gasteiger partial charge in [0.25, 0.3) is 5.91 Å². The third-order valence-corrected chi connectivity index (χ3v) is 6.80. The van der Waals surface area contributed by atoms with Crippen LogP contribution in [0, 0.1) is 0 Å². The van der Waals surface area contributed by atoms with Crippen molar-refractivity contribution in [3.8, 4) is 0 Å². The van der Waals surface area contributed by atoms with Crippen molar-refractivity contribution in [1.82, 2.24) is 15.0 Å². The van der Waals surface area contributed by atoms with Crippen LogP contribution in [-0.2, 0) is 9.84 Å². The molecule has 1 amide bonds. The number of carbonyl (C=O) groups excluding carboxylic acids is 1. The minimum atomic E-state index is -3.16. The average Bonchev–Trinajstić information content (AvgIpc) is 3.15. The molecule has 0 aromatic carbocycles. The standard InChI is InChI=1S/C18H27N3O4S/c1-12(2)5-6-20-7-8-21(16-11-26(23,24)10-15(16)20)18(22)14-9-17(13(3)4)25-19-14/h5,9,13,15-16H,6-8,10-11H2,1-4H3/t15-,16+/m1/s1. The fraction of sp³-hybridized carbons (Fsp3) is 0.667. The highest BCUT2D eigenvalue weighted by atomic mass is 32.2. The summed E-state index contributed by atoms with van der Waals surface area (Å²) in [5.41, 5.74) is 1.46. The minimum absolute atomic E-state index is 0.0175. The summed E-state index contributed by atoms with van der Waals surface area (Å²) in [5, 5.41) is 3.90. The molecule has 3 rings (SSSR count). The van der Waals surface area contributed by atoms with Crippen LogP contribution in [0.25, 0.3) is 0 Å². The first-order valence-electron chi connectivity index (χ1n) is 9.03. The minimum Gasteiger partial charge on any atom is -0.360 e. The van der Waals surface area contributed by atoms with E-state index >= 15 is 0 Å². The van der Waals surface area contributed by atoms with E-state index < -0.39 is 9.84 Å². The van der Waals surface area contributed by atoms with Gasteiger partial charge >= 0.3 is 0 Å². The van der Waals surface area contributed by atoms with Gasteiger partial charge in [0.05, 0.1) is 17.5 Å². The van der Waals surface area contributed by atoms with E-state index in [0.29, 0.717) is 25.4 Å². The Labute approximate surface area is 154 Å². The average molecular weight is 381 g/mol. The Balaban J connectivity index is 1.83. The Hall–Kier alpha value is -1.67. The van der Waals surface area contributed by atoms with E-state index in [1.165, 1.54) is 5.57 Å². The molecule has 8 heteroatoms. The molecule has 0 aliphatic carbocycles. The van der Waals surface area contributed by atoms with Gasteiger partial charge in [0.2, 0.25) is 0 Å². The summed E-state index contributed by atoms with van der Waals surface area (Å²) >= 11 is 0. The lowest BCUT2D eigenvalue weighted by Gasteiger charge is -2.43. The van der Waals surface area contributed by atoms with Gasteiger partial charge in [-0.1, -0.05) is 30.7 Å². The molecule has 2 saturated heterocycles. The van der Waals surface area contributed by atoms with Gasteiger partial charge < -0.3 is 9.42 Å². The molecule has 2 fully saturated rings. The number of amides is 1. The Bertz CT molecular complexity index is 808. The highest BCUT2D eigenvalue weighted by Gasteiger charge is 2.48. The second-order valence-corrected chi connectivity index (χ2v) is 9.91. The van der Waals surface area contributed by atoms with Gasteiger partial charge in [0, 0.05) is 37.7 Å². The molecule has 0 spiro atoms. The summed E-state index contributed by atoms with van der Waals surface area (Å²) in [5.74, 6) is 0.683. The summed E-state index contributed by atoms with van der Waals surface area (Å²) in [6, 6.07) is 1.18. The van der Waals surface area contributed by atoms with Gasteiger partial charge in [-0.05, 0) is 13.8 Å². The number of sulfone groups is 1. The zero-order valence-electron chi connectivity index (χ0n) is 15.8. The lowest BCUT2D eigenvalue weighted by molar-refractivity contribution is 0.0359. The number of allylic oxidation sites excluding steroid dienone is 1. The molecule has 2 aliphatic rings. The lowest BCUT2D eigenvalue weighted by atomic mass is 10.0. The van der Waals surface area contributed by atoms with E-state index in [0.717, 1.165) is 0 Å². The van der Waals surface area contributed by atoms with E-state index in [4.69, 9.17) is 4.52 Å². The highest BCUT2D eigenvalue weighted by molar-refractivity contribution is 7.91. The van der Waals surface area contributed by atoms with Crippen molar-refractivity contribution in [2.24, 2.45) is 0 Å². The molecule has 26 heavy (non-hydrogen) atoms. The maximum atomic E-state index is 12.9. The van der Waals surface area contributed by atoms with Crippen molar-refractivity contribution in [2.75, 3.05) is 31.1 Å². The van der Waals surface area contributed by atoms with Crippen LogP contribution in [0.15, 0.2) is 22.2 Å². The zero-order valence-corrected chi connectivity index (χ0v) is 16.6. The van der Waals surface area contributed by atoms with Crippen molar-refractivity contribution in [3.63, 3.8) is 0 Å². The van der Waals surface area contributed by atoms with Gasteiger partial charge in [0.15, 0.2) is 15.5 Å². The van der Waals surface area contributed by atoms with Crippen molar-refractivity contribution in [2.45, 2.75) is 45.7 Å². The SMILES string of the molecule is CC(C)=CCN1CCN(C(=O)c2cc(C(C)C)on2)[C@H]2CS(=O)(=O)C[C@H]21. The van der Waals surface area contributed by atoms with E-state index in [1.54, 1.807) is 11.0 Å². The third kappa shape index (κ3) is 3.86. The van der Waals surface area contributed by atoms with Gasteiger partial charge in [-0.25, -0.2) is 8.42 Å². The number of nitrogens with zero attached hydrogens (tertiary/aromatic N) is 3. The quantitative estimate of drug-likeness (QED) is 0.738.